The van der Waals surface area contributed by atoms with Crippen molar-refractivity contribution in [1.29, 1.82) is 0 Å². The van der Waals surface area contributed by atoms with Gasteiger partial charge in [-0.15, -0.1) is 0 Å². The molecule has 0 bridgehead atoms. The van der Waals surface area contributed by atoms with Gasteiger partial charge in [0.25, 0.3) is 0 Å². The van der Waals surface area contributed by atoms with Crippen LogP contribution in [-0.2, 0) is 13.6 Å². The topological polar surface area (TPSA) is 82.8 Å². The number of benzene rings is 1. The van der Waals surface area contributed by atoms with E-state index < -0.39 is 0 Å². The Morgan fingerprint density at radius 3 is 2.89 bits per heavy atom. The molecule has 0 saturated heterocycles. The molecule has 0 aliphatic heterocycles. The summed E-state index contributed by atoms with van der Waals surface area (Å²) in [5.74, 6) is 1.92. The minimum atomic E-state index is 0.243. The molecule has 92 valence electrons. The van der Waals surface area contributed by atoms with Crippen molar-refractivity contribution in [1.82, 2.24) is 19.7 Å². The molecule has 0 aliphatic carbocycles. The van der Waals surface area contributed by atoms with Gasteiger partial charge in [0.15, 0.2) is 0 Å². The van der Waals surface area contributed by atoms with E-state index in [0.29, 0.717) is 11.7 Å². The highest BCUT2D eigenvalue weighted by molar-refractivity contribution is 5.90. The Labute approximate surface area is 103 Å². The third kappa shape index (κ3) is 1.50. The summed E-state index contributed by atoms with van der Waals surface area (Å²) in [4.78, 5) is 8.73. The maximum absolute atomic E-state index is 5.47. The quantitative estimate of drug-likeness (QED) is 0.735. The third-order valence-electron chi connectivity index (χ3n) is 3.00. The summed E-state index contributed by atoms with van der Waals surface area (Å²) < 4.78 is 7.07. The van der Waals surface area contributed by atoms with Gasteiger partial charge < -0.3 is 14.8 Å². The van der Waals surface area contributed by atoms with E-state index in [1.165, 1.54) is 0 Å². The van der Waals surface area contributed by atoms with Gasteiger partial charge in [-0.2, -0.15) is 4.98 Å². The number of nitrogens with two attached hydrogens (primary N) is 1. The third-order valence-corrected chi connectivity index (χ3v) is 3.00. The first-order valence-electron chi connectivity index (χ1n) is 5.65. The van der Waals surface area contributed by atoms with E-state index in [2.05, 4.69) is 15.1 Å². The molecule has 0 aliphatic rings. The Balaban J connectivity index is 2.28. The Morgan fingerprint density at radius 2 is 2.17 bits per heavy atom. The summed E-state index contributed by atoms with van der Waals surface area (Å²) >= 11 is 0. The first kappa shape index (κ1) is 10.9. The van der Waals surface area contributed by atoms with Crippen LogP contribution in [0.1, 0.15) is 11.7 Å². The highest BCUT2D eigenvalue weighted by Crippen LogP contribution is 2.26. The number of nitrogens with zero attached hydrogens (tertiary/aromatic N) is 4. The van der Waals surface area contributed by atoms with Gasteiger partial charge in [-0.3, -0.25) is 0 Å². The van der Waals surface area contributed by atoms with Crippen molar-refractivity contribution < 1.29 is 4.52 Å². The van der Waals surface area contributed by atoms with E-state index >= 15 is 0 Å². The van der Waals surface area contributed by atoms with E-state index in [4.69, 9.17) is 10.3 Å². The monoisotopic (exact) mass is 243 g/mol. The van der Waals surface area contributed by atoms with Gasteiger partial charge in [0, 0.05) is 12.6 Å². The molecule has 0 unspecified atom stereocenters. The van der Waals surface area contributed by atoms with Crippen LogP contribution < -0.4 is 5.73 Å². The lowest BCUT2D eigenvalue weighted by atomic mass is 10.1. The fourth-order valence-electron chi connectivity index (χ4n) is 2.01. The molecule has 0 radical (unpaired) electrons. The van der Waals surface area contributed by atoms with Crippen molar-refractivity contribution >= 4 is 11.0 Å². The van der Waals surface area contributed by atoms with Crippen LogP contribution in [0.5, 0.6) is 0 Å². The standard InChI is InChI=1S/C12H13N5O/c1-7-14-9-5-3-4-8(11(9)17(7)2)12-15-10(6-13)18-16-12/h3-5H,6,13H2,1-2H3. The van der Waals surface area contributed by atoms with Crippen LogP contribution in [0.3, 0.4) is 0 Å². The first-order chi connectivity index (χ1) is 8.70. The molecule has 2 heterocycles. The van der Waals surface area contributed by atoms with Crippen molar-refractivity contribution in [2.24, 2.45) is 12.8 Å². The molecule has 3 rings (SSSR count). The molecule has 1 aromatic carbocycles. The van der Waals surface area contributed by atoms with E-state index in [0.717, 1.165) is 22.4 Å². The molecular weight excluding hydrogens is 230 g/mol. The highest BCUT2D eigenvalue weighted by atomic mass is 16.5. The number of hydrogen-bond donors (Lipinski definition) is 1. The maximum Gasteiger partial charge on any atom is 0.240 e. The van der Waals surface area contributed by atoms with Gasteiger partial charge in [-0.05, 0) is 19.1 Å². The molecule has 18 heavy (non-hydrogen) atoms. The summed E-state index contributed by atoms with van der Waals surface area (Å²) in [6.07, 6.45) is 0. The van der Waals surface area contributed by atoms with Gasteiger partial charge in [-0.1, -0.05) is 11.2 Å². The highest BCUT2D eigenvalue weighted by Gasteiger charge is 2.14. The number of rotatable bonds is 2. The zero-order chi connectivity index (χ0) is 12.7. The second kappa shape index (κ2) is 3.92. The number of aryl methyl sites for hydroxylation is 2. The SMILES string of the molecule is Cc1nc2cccc(-c3noc(CN)n3)c2n1C. The number of aromatic nitrogens is 4. The van der Waals surface area contributed by atoms with Gasteiger partial charge in [0.2, 0.25) is 11.7 Å². The van der Waals surface area contributed by atoms with Gasteiger partial charge >= 0.3 is 0 Å². The lowest BCUT2D eigenvalue weighted by Gasteiger charge is -2.01. The van der Waals surface area contributed by atoms with Crippen LogP contribution in [0.2, 0.25) is 0 Å². The summed E-state index contributed by atoms with van der Waals surface area (Å²) in [5, 5.41) is 3.95. The van der Waals surface area contributed by atoms with Crippen LogP contribution >= 0.6 is 0 Å². The molecule has 0 spiro atoms. The lowest BCUT2D eigenvalue weighted by Crippen LogP contribution is -1.96. The number of imidazole rings is 1. The summed E-state index contributed by atoms with van der Waals surface area (Å²) in [7, 11) is 1.97. The normalized spacial score (nSPS) is 11.3. The van der Waals surface area contributed by atoms with E-state index in [1.807, 2.05) is 36.7 Å². The van der Waals surface area contributed by atoms with Gasteiger partial charge in [0.05, 0.1) is 17.6 Å². The fourth-order valence-corrected chi connectivity index (χ4v) is 2.01. The zero-order valence-electron chi connectivity index (χ0n) is 10.2. The van der Waals surface area contributed by atoms with Crippen molar-refractivity contribution in [3.63, 3.8) is 0 Å². The number of fused-ring (bicyclic) bond motifs is 1. The van der Waals surface area contributed by atoms with Crippen LogP contribution in [0.25, 0.3) is 22.4 Å². The Hall–Kier alpha value is -2.21. The molecule has 3 aromatic rings. The van der Waals surface area contributed by atoms with Crippen LogP contribution in [-0.4, -0.2) is 19.7 Å². The Morgan fingerprint density at radius 1 is 1.33 bits per heavy atom. The van der Waals surface area contributed by atoms with Crippen molar-refractivity contribution in [2.45, 2.75) is 13.5 Å². The minimum absolute atomic E-state index is 0.243. The minimum Gasteiger partial charge on any atom is -0.338 e. The zero-order valence-corrected chi connectivity index (χ0v) is 10.2. The second-order valence-corrected chi connectivity index (χ2v) is 4.11. The molecule has 6 nitrogen and oxygen atoms in total. The molecule has 0 amide bonds. The van der Waals surface area contributed by atoms with Gasteiger partial charge in [-0.25, -0.2) is 4.98 Å². The summed E-state index contributed by atoms with van der Waals surface area (Å²) in [6.45, 7) is 2.21. The van der Waals surface area contributed by atoms with Crippen LogP contribution in [0.4, 0.5) is 0 Å². The summed E-state index contributed by atoms with van der Waals surface area (Å²) in [5.41, 5.74) is 8.30. The van der Waals surface area contributed by atoms with E-state index in [1.54, 1.807) is 0 Å². The maximum atomic E-state index is 5.47. The number of para-hydroxylation sites is 1. The second-order valence-electron chi connectivity index (χ2n) is 4.11. The van der Waals surface area contributed by atoms with E-state index in [-0.39, 0.29) is 6.54 Å². The lowest BCUT2D eigenvalue weighted by molar-refractivity contribution is 0.380. The fraction of sp³-hybridized carbons (Fsp3) is 0.250. The summed E-state index contributed by atoms with van der Waals surface area (Å²) in [6, 6.07) is 5.85. The van der Waals surface area contributed by atoms with E-state index in [9.17, 15) is 0 Å². The predicted octanol–water partition coefficient (Wildman–Crippen LogP) is 1.39. The largest absolute Gasteiger partial charge is 0.338 e. The predicted molar refractivity (Wildman–Crippen MR) is 66.6 cm³/mol. The van der Waals surface area contributed by atoms with Gasteiger partial charge in [0.1, 0.15) is 5.82 Å². The van der Waals surface area contributed by atoms with Crippen LogP contribution in [0, 0.1) is 6.92 Å². The van der Waals surface area contributed by atoms with Crippen molar-refractivity contribution in [2.75, 3.05) is 0 Å². The van der Waals surface area contributed by atoms with Crippen LogP contribution in [0.15, 0.2) is 22.7 Å². The molecule has 2 N–H and O–H groups in total. The Bertz CT molecular complexity index is 712. The molecular formula is C12H13N5O. The van der Waals surface area contributed by atoms with Crippen molar-refractivity contribution in [3.05, 3.63) is 29.9 Å². The average Bonchev–Trinajstić information content (AvgIpc) is 2.95. The average molecular weight is 243 g/mol. The molecule has 2 aromatic heterocycles. The van der Waals surface area contributed by atoms with Crippen molar-refractivity contribution in [3.8, 4) is 11.4 Å². The molecule has 0 saturated carbocycles. The molecule has 0 atom stereocenters. The smallest absolute Gasteiger partial charge is 0.240 e. The number of hydrogen-bond acceptors (Lipinski definition) is 5. The molecule has 6 heteroatoms. The Kier molecular flexibility index (Phi) is 2.38. The molecule has 0 fully saturated rings. The first-order valence-corrected chi connectivity index (χ1v) is 5.65.